The minimum absolute atomic E-state index is 0.191. The molecular weight excluding hydrogens is 352 g/mol. The lowest BCUT2D eigenvalue weighted by Gasteiger charge is -2.11. The van der Waals surface area contributed by atoms with Crippen LogP contribution in [0.25, 0.3) is 16.6 Å². The third-order valence-corrected chi connectivity index (χ3v) is 4.83. The van der Waals surface area contributed by atoms with Crippen molar-refractivity contribution >= 4 is 40.0 Å². The zero-order valence-electron chi connectivity index (χ0n) is 14.4. The van der Waals surface area contributed by atoms with E-state index in [2.05, 4.69) is 25.5 Å². The van der Waals surface area contributed by atoms with Crippen molar-refractivity contribution in [3.8, 4) is 0 Å². The Labute approximate surface area is 153 Å². The fraction of sp³-hybridized carbons (Fsp3) is 0.235. The third kappa shape index (κ3) is 3.01. The van der Waals surface area contributed by atoms with Crippen LogP contribution >= 0.6 is 11.8 Å². The molecule has 1 unspecified atom stereocenters. The predicted octanol–water partition coefficient (Wildman–Crippen LogP) is 3.00. The van der Waals surface area contributed by atoms with Crippen LogP contribution in [0, 0.1) is 13.8 Å². The molecule has 0 fully saturated rings. The fourth-order valence-electron chi connectivity index (χ4n) is 2.57. The summed E-state index contributed by atoms with van der Waals surface area (Å²) >= 11 is 1.31. The summed E-state index contributed by atoms with van der Waals surface area (Å²) in [5.41, 5.74) is 1.55. The van der Waals surface area contributed by atoms with E-state index in [1.165, 1.54) is 11.8 Å². The minimum Gasteiger partial charge on any atom is -0.360 e. The highest BCUT2D eigenvalue weighted by molar-refractivity contribution is 8.00. The lowest BCUT2D eigenvalue weighted by Crippen LogP contribution is -2.23. The van der Waals surface area contributed by atoms with E-state index in [0.717, 1.165) is 16.6 Å². The van der Waals surface area contributed by atoms with Gasteiger partial charge in [-0.2, -0.15) is 4.52 Å². The summed E-state index contributed by atoms with van der Waals surface area (Å²) in [7, 11) is 0. The van der Waals surface area contributed by atoms with Gasteiger partial charge in [0, 0.05) is 11.5 Å². The number of aryl methyl sites for hydroxylation is 2. The second-order valence-electron chi connectivity index (χ2n) is 5.88. The van der Waals surface area contributed by atoms with Gasteiger partial charge in [-0.05, 0) is 32.9 Å². The van der Waals surface area contributed by atoms with E-state index in [9.17, 15) is 4.79 Å². The molecule has 4 rings (SSSR count). The van der Waals surface area contributed by atoms with Crippen LogP contribution in [0.4, 0.5) is 5.82 Å². The molecule has 26 heavy (non-hydrogen) atoms. The third-order valence-electron chi connectivity index (χ3n) is 3.79. The molecule has 0 aliphatic carbocycles. The maximum atomic E-state index is 12.4. The Kier molecular flexibility index (Phi) is 4.08. The maximum Gasteiger partial charge on any atom is 0.238 e. The average molecular weight is 368 g/mol. The number of hydrogen-bond donors (Lipinski definition) is 1. The van der Waals surface area contributed by atoms with E-state index >= 15 is 0 Å². The SMILES string of the molecule is Cc1nc2c3ccccc3nc(SC(C)C(=O)Nc3cc(C)on3)n2n1. The first-order valence-corrected chi connectivity index (χ1v) is 8.92. The molecule has 132 valence electrons. The molecule has 8 nitrogen and oxygen atoms in total. The number of anilines is 1. The monoisotopic (exact) mass is 368 g/mol. The van der Waals surface area contributed by atoms with Gasteiger partial charge in [-0.25, -0.2) is 9.97 Å². The van der Waals surface area contributed by atoms with Gasteiger partial charge in [0.2, 0.25) is 5.91 Å². The molecular formula is C17H16N6O2S. The normalized spacial score (nSPS) is 12.6. The van der Waals surface area contributed by atoms with Crippen LogP contribution in [-0.2, 0) is 4.79 Å². The number of hydrogen-bond acceptors (Lipinski definition) is 7. The molecule has 1 N–H and O–H groups in total. The lowest BCUT2D eigenvalue weighted by molar-refractivity contribution is -0.115. The molecule has 0 saturated heterocycles. The first-order chi connectivity index (χ1) is 12.5. The molecule has 1 aromatic carbocycles. The largest absolute Gasteiger partial charge is 0.360 e. The molecule has 3 heterocycles. The van der Waals surface area contributed by atoms with Crippen molar-refractivity contribution in [1.82, 2.24) is 24.7 Å². The van der Waals surface area contributed by atoms with Crippen molar-refractivity contribution in [2.45, 2.75) is 31.2 Å². The number of rotatable bonds is 4. The highest BCUT2D eigenvalue weighted by Gasteiger charge is 2.20. The second-order valence-corrected chi connectivity index (χ2v) is 7.19. The van der Waals surface area contributed by atoms with Crippen LogP contribution in [0.5, 0.6) is 0 Å². The molecule has 0 saturated carbocycles. The van der Waals surface area contributed by atoms with Crippen molar-refractivity contribution in [2.75, 3.05) is 5.32 Å². The van der Waals surface area contributed by atoms with E-state index in [0.29, 0.717) is 22.6 Å². The Bertz CT molecular complexity index is 1120. The van der Waals surface area contributed by atoms with Gasteiger partial charge in [0.25, 0.3) is 0 Å². The minimum atomic E-state index is -0.409. The Morgan fingerprint density at radius 1 is 1.27 bits per heavy atom. The topological polar surface area (TPSA) is 98.2 Å². The molecule has 3 aromatic heterocycles. The molecule has 0 spiro atoms. The number of nitrogens with zero attached hydrogens (tertiary/aromatic N) is 5. The number of carbonyl (C=O) groups is 1. The van der Waals surface area contributed by atoms with E-state index in [1.54, 1.807) is 24.4 Å². The number of amides is 1. The smallest absolute Gasteiger partial charge is 0.238 e. The van der Waals surface area contributed by atoms with Gasteiger partial charge >= 0.3 is 0 Å². The quantitative estimate of drug-likeness (QED) is 0.437. The van der Waals surface area contributed by atoms with Crippen LogP contribution < -0.4 is 5.32 Å². The molecule has 4 aromatic rings. The fourth-order valence-corrected chi connectivity index (χ4v) is 3.43. The van der Waals surface area contributed by atoms with Gasteiger partial charge in [-0.1, -0.05) is 29.1 Å². The number of benzene rings is 1. The van der Waals surface area contributed by atoms with Crippen LogP contribution in [0.2, 0.25) is 0 Å². The van der Waals surface area contributed by atoms with Crippen LogP contribution in [0.1, 0.15) is 18.5 Å². The van der Waals surface area contributed by atoms with Gasteiger partial charge < -0.3 is 9.84 Å². The molecule has 1 amide bonds. The summed E-state index contributed by atoms with van der Waals surface area (Å²) in [5, 5.41) is 12.1. The van der Waals surface area contributed by atoms with E-state index in [1.807, 2.05) is 31.2 Å². The first-order valence-electron chi connectivity index (χ1n) is 8.04. The summed E-state index contributed by atoms with van der Waals surface area (Å²) in [5.74, 6) is 1.49. The van der Waals surface area contributed by atoms with Gasteiger partial charge in [-0.3, -0.25) is 4.79 Å². The number of para-hydroxylation sites is 1. The van der Waals surface area contributed by atoms with Crippen molar-refractivity contribution in [3.05, 3.63) is 41.9 Å². The number of carbonyl (C=O) groups excluding carboxylic acids is 1. The van der Waals surface area contributed by atoms with Crippen molar-refractivity contribution in [3.63, 3.8) is 0 Å². The number of thioether (sulfide) groups is 1. The predicted molar refractivity (Wildman–Crippen MR) is 98.2 cm³/mol. The van der Waals surface area contributed by atoms with E-state index in [-0.39, 0.29) is 5.91 Å². The second kappa shape index (κ2) is 6.41. The number of fused-ring (bicyclic) bond motifs is 3. The van der Waals surface area contributed by atoms with Crippen molar-refractivity contribution < 1.29 is 9.32 Å². The van der Waals surface area contributed by atoms with Gasteiger partial charge in [-0.15, -0.1) is 5.10 Å². The highest BCUT2D eigenvalue weighted by Crippen LogP contribution is 2.27. The number of aromatic nitrogens is 5. The highest BCUT2D eigenvalue weighted by atomic mass is 32.2. The molecule has 1 atom stereocenters. The zero-order chi connectivity index (χ0) is 18.3. The van der Waals surface area contributed by atoms with Crippen molar-refractivity contribution in [1.29, 1.82) is 0 Å². The van der Waals surface area contributed by atoms with Crippen LogP contribution in [0.3, 0.4) is 0 Å². The summed E-state index contributed by atoms with van der Waals surface area (Å²) in [4.78, 5) is 21.6. The summed E-state index contributed by atoms with van der Waals surface area (Å²) in [6.07, 6.45) is 0. The Morgan fingerprint density at radius 3 is 2.85 bits per heavy atom. The average Bonchev–Trinajstić information content (AvgIpc) is 3.20. The first kappa shape index (κ1) is 16.5. The van der Waals surface area contributed by atoms with Gasteiger partial charge in [0.1, 0.15) is 11.6 Å². The Morgan fingerprint density at radius 2 is 2.08 bits per heavy atom. The Balaban J connectivity index is 1.66. The van der Waals surface area contributed by atoms with Crippen molar-refractivity contribution in [2.24, 2.45) is 0 Å². The number of nitrogens with one attached hydrogen (secondary N) is 1. The Hall–Kier alpha value is -2.94. The molecule has 0 aliphatic heterocycles. The molecule has 0 bridgehead atoms. The maximum absolute atomic E-state index is 12.4. The molecule has 0 aliphatic rings. The lowest BCUT2D eigenvalue weighted by atomic mass is 10.2. The van der Waals surface area contributed by atoms with Gasteiger partial charge in [0.05, 0.1) is 10.8 Å². The summed E-state index contributed by atoms with van der Waals surface area (Å²) in [6, 6.07) is 9.42. The standard InChI is InChI=1S/C17H16N6O2S/c1-9-8-14(22-25-9)20-16(24)10(2)26-17-19-13-7-5-4-6-12(13)15-18-11(3)21-23(15)17/h4-8,10H,1-3H3,(H,20,22,24). The summed E-state index contributed by atoms with van der Waals surface area (Å²) in [6.45, 7) is 5.41. The van der Waals surface area contributed by atoms with Crippen LogP contribution in [0.15, 0.2) is 40.0 Å². The molecule has 9 heteroatoms. The van der Waals surface area contributed by atoms with E-state index in [4.69, 9.17) is 4.52 Å². The van der Waals surface area contributed by atoms with E-state index < -0.39 is 5.25 Å². The zero-order valence-corrected chi connectivity index (χ0v) is 15.2. The van der Waals surface area contributed by atoms with Crippen LogP contribution in [-0.4, -0.2) is 35.9 Å². The molecule has 0 radical (unpaired) electrons. The summed E-state index contributed by atoms with van der Waals surface area (Å²) < 4.78 is 6.65. The van der Waals surface area contributed by atoms with Gasteiger partial charge in [0.15, 0.2) is 16.6 Å².